The van der Waals surface area contributed by atoms with Crippen molar-refractivity contribution in [3.8, 4) is 17.3 Å². The van der Waals surface area contributed by atoms with Crippen molar-refractivity contribution in [2.24, 2.45) is 0 Å². The predicted molar refractivity (Wildman–Crippen MR) is 255 cm³/mol. The monoisotopic (exact) mass is 990 g/mol. The molecule has 61 heavy (non-hydrogen) atoms. The first-order valence-corrected chi connectivity index (χ1v) is 21.3. The summed E-state index contributed by atoms with van der Waals surface area (Å²) in [5.74, 6) is 2.30. The largest absolute Gasteiger partial charge is 0.516 e. The summed E-state index contributed by atoms with van der Waals surface area (Å²) in [6.07, 6.45) is 1.92. The van der Waals surface area contributed by atoms with Gasteiger partial charge >= 0.3 is 0 Å². The van der Waals surface area contributed by atoms with Gasteiger partial charge in [0, 0.05) is 55.7 Å². The molecule has 0 atom stereocenters. The molecule has 5 aromatic carbocycles. The van der Waals surface area contributed by atoms with Crippen LogP contribution in [-0.2, 0) is 42.7 Å². The van der Waals surface area contributed by atoms with Gasteiger partial charge < -0.3 is 19.5 Å². The zero-order valence-corrected chi connectivity index (χ0v) is 40.9. The van der Waals surface area contributed by atoms with E-state index in [2.05, 4.69) is 217 Å². The molecule has 0 spiro atoms. The van der Waals surface area contributed by atoms with Crippen LogP contribution in [0.2, 0.25) is 0 Å². The van der Waals surface area contributed by atoms with Crippen LogP contribution in [0.25, 0.3) is 27.6 Å². The van der Waals surface area contributed by atoms with E-state index in [0.717, 1.165) is 55.9 Å². The van der Waals surface area contributed by atoms with Crippen LogP contribution >= 0.6 is 0 Å². The summed E-state index contributed by atoms with van der Waals surface area (Å²) in [6, 6.07) is 42.1. The fourth-order valence-electron chi connectivity index (χ4n) is 7.58. The molecule has 0 fully saturated rings. The Morgan fingerprint density at radius 2 is 1.25 bits per heavy atom. The Hall–Kier alpha value is -4.86. The van der Waals surface area contributed by atoms with E-state index in [1.807, 2.05) is 17.2 Å². The molecule has 322 valence electrons. The molecule has 0 bridgehead atoms. The van der Waals surface area contributed by atoms with Crippen LogP contribution in [0, 0.1) is 19.2 Å². The van der Waals surface area contributed by atoms with Gasteiger partial charge in [-0.15, -0.1) is 47.0 Å². The van der Waals surface area contributed by atoms with Crippen molar-refractivity contribution in [1.29, 1.82) is 0 Å². The van der Waals surface area contributed by atoms with Gasteiger partial charge in [0.15, 0.2) is 0 Å². The first-order valence-electron chi connectivity index (χ1n) is 21.3. The van der Waals surface area contributed by atoms with E-state index < -0.39 is 0 Å². The van der Waals surface area contributed by atoms with Gasteiger partial charge in [0.2, 0.25) is 0 Å². The zero-order chi connectivity index (χ0) is 43.5. The summed E-state index contributed by atoms with van der Waals surface area (Å²) in [4.78, 5) is 6.90. The minimum atomic E-state index is -0.0391. The van der Waals surface area contributed by atoms with Gasteiger partial charge in [-0.05, 0) is 97.7 Å². The molecule has 7 aromatic rings. The number of hydrogen-bond donors (Lipinski definition) is 1. The van der Waals surface area contributed by atoms with Crippen LogP contribution in [0.4, 0.5) is 22.7 Å². The van der Waals surface area contributed by atoms with Crippen molar-refractivity contribution in [3.05, 3.63) is 150 Å². The van der Waals surface area contributed by atoms with E-state index in [9.17, 15) is 0 Å². The third-order valence-corrected chi connectivity index (χ3v) is 11.5. The number of nitrogens with zero attached hydrogens (tertiary/aromatic N) is 3. The number of benzene rings is 5. The van der Waals surface area contributed by atoms with Gasteiger partial charge in [-0.1, -0.05) is 133 Å². The van der Waals surface area contributed by atoms with Crippen molar-refractivity contribution in [1.82, 2.24) is 9.55 Å². The summed E-state index contributed by atoms with van der Waals surface area (Å²) in [5, 5.41) is 6.02. The first kappa shape index (κ1) is 45.7. The second kappa shape index (κ2) is 16.8. The Kier molecular flexibility index (Phi) is 12.6. The number of hydrogen-bond acceptors (Lipinski definition) is 4. The van der Waals surface area contributed by atoms with Crippen molar-refractivity contribution in [2.45, 2.75) is 125 Å². The summed E-state index contributed by atoms with van der Waals surface area (Å²) < 4.78 is 9.01. The first-order chi connectivity index (χ1) is 28.0. The topological polar surface area (TPSA) is 42.3 Å². The number of aromatic nitrogens is 2. The Balaban J connectivity index is 0.00000622. The quantitative estimate of drug-likeness (QED) is 0.154. The molecule has 6 heteroatoms. The van der Waals surface area contributed by atoms with Crippen LogP contribution in [0.5, 0.6) is 11.5 Å². The molecule has 0 saturated heterocycles. The van der Waals surface area contributed by atoms with Crippen molar-refractivity contribution in [3.63, 3.8) is 0 Å². The maximum Gasteiger partial charge on any atom is 0.135 e. The van der Waals surface area contributed by atoms with Gasteiger partial charge in [-0.3, -0.25) is 7.05 Å². The molecule has 0 aliphatic heterocycles. The maximum absolute atomic E-state index is 6.77. The fraction of sp³-hybridized carbons (Fsp3) is 0.345. The fourth-order valence-corrected chi connectivity index (χ4v) is 7.58. The predicted octanol–water partition coefficient (Wildman–Crippen LogP) is 15.6. The molecule has 2 aromatic heterocycles. The maximum atomic E-state index is 6.77. The van der Waals surface area contributed by atoms with Crippen LogP contribution < -0.4 is 15.0 Å². The smallest absolute Gasteiger partial charge is 0.135 e. The number of anilines is 4. The SMILES string of the molecule is [CH2-]N(c1[c-]c(Oc2[c-]c3c(cc2)c2ccc(C(C)(C)C)cc2n3-c2cc(C(C)(C)C)ccn2)cc(C(C)C)c1)c1ccc(C(C)(C)C)cc1Nc1cccc(C(C)(C)C)c1.[Pt]. The molecule has 0 amide bonds. The van der Waals surface area contributed by atoms with Gasteiger partial charge in [0.05, 0.1) is 5.69 Å². The Bertz CT molecular complexity index is 2700. The van der Waals surface area contributed by atoms with E-state index in [4.69, 9.17) is 9.72 Å². The third kappa shape index (κ3) is 9.79. The molecule has 0 saturated carbocycles. The van der Waals surface area contributed by atoms with Gasteiger partial charge in [-0.2, -0.15) is 6.07 Å². The van der Waals surface area contributed by atoms with Crippen LogP contribution in [0.3, 0.4) is 0 Å². The molecule has 0 radical (unpaired) electrons. The number of nitrogens with one attached hydrogen (secondary N) is 1. The molecule has 1 N–H and O–H groups in total. The van der Waals surface area contributed by atoms with Gasteiger partial charge in [0.1, 0.15) is 5.82 Å². The van der Waals surface area contributed by atoms with E-state index in [1.54, 1.807) is 0 Å². The van der Waals surface area contributed by atoms with Crippen LogP contribution in [0.1, 0.15) is 131 Å². The average Bonchev–Trinajstić information content (AvgIpc) is 3.49. The molecule has 0 unspecified atom stereocenters. The molecule has 0 aliphatic rings. The van der Waals surface area contributed by atoms with Crippen LogP contribution in [0.15, 0.2) is 103 Å². The Morgan fingerprint density at radius 3 is 1.90 bits per heavy atom. The summed E-state index contributed by atoms with van der Waals surface area (Å²) in [5.41, 5.74) is 11.8. The number of pyridine rings is 1. The third-order valence-electron chi connectivity index (χ3n) is 11.5. The van der Waals surface area contributed by atoms with Crippen molar-refractivity contribution < 1.29 is 25.8 Å². The molecule has 0 aliphatic carbocycles. The minimum absolute atomic E-state index is 0. The van der Waals surface area contributed by atoms with Crippen molar-refractivity contribution in [2.75, 3.05) is 10.2 Å². The van der Waals surface area contributed by atoms with E-state index in [-0.39, 0.29) is 48.6 Å². The standard InChI is InChI=1S/C55H63N4O.Pt/c1-35(2)36-27-42(58(15)48-24-20-38(53(6,7)8)30-47(48)57-41-18-16-17-37(29-41)52(3,4)5)33-44(28-36)60-43-21-23-46-45-22-19-39(54(9,10)11)31-49(45)59(50(46)34-43)51-32-40(25-26-56-51)55(12,13)14;/h16-32,35,57H,15H2,1-14H3;/q-3;. The molecule has 2 heterocycles. The summed E-state index contributed by atoms with van der Waals surface area (Å²) >= 11 is 0. The number of fused-ring (bicyclic) bond motifs is 3. The Morgan fingerprint density at radius 1 is 0.639 bits per heavy atom. The zero-order valence-electron chi connectivity index (χ0n) is 38.7. The molecule has 5 nitrogen and oxygen atoms in total. The van der Waals surface area contributed by atoms with E-state index >= 15 is 0 Å². The second-order valence-corrected chi connectivity index (χ2v) is 20.8. The average molecular weight is 991 g/mol. The number of ether oxygens (including phenoxy) is 1. The van der Waals surface area contributed by atoms with Crippen molar-refractivity contribution >= 4 is 44.6 Å². The molecular weight excluding hydrogens is 928 g/mol. The van der Waals surface area contributed by atoms with Crippen LogP contribution in [-0.4, -0.2) is 9.55 Å². The summed E-state index contributed by atoms with van der Waals surface area (Å²) in [7, 11) is 4.63. The minimum Gasteiger partial charge on any atom is -0.516 e. The van der Waals surface area contributed by atoms with Gasteiger partial charge in [0.25, 0.3) is 0 Å². The van der Waals surface area contributed by atoms with E-state index in [1.165, 1.54) is 22.3 Å². The second-order valence-electron chi connectivity index (χ2n) is 20.8. The number of rotatable bonds is 8. The molecular formula is C55H63N4OPt-3. The van der Waals surface area contributed by atoms with E-state index in [0.29, 0.717) is 11.5 Å². The normalized spacial score (nSPS) is 12.5. The summed E-state index contributed by atoms with van der Waals surface area (Å²) in [6.45, 7) is 31.3. The molecule has 7 rings (SSSR count). The Labute approximate surface area is 380 Å². The van der Waals surface area contributed by atoms with Gasteiger partial charge in [-0.25, -0.2) is 4.98 Å².